The minimum Gasteiger partial charge on any atom is -0.466 e. The molecule has 3 fully saturated rings. The molecular formula is C29H53N7O11. The summed E-state index contributed by atoms with van der Waals surface area (Å²) in [6.07, 6.45) is -7.27. The van der Waals surface area contributed by atoms with Gasteiger partial charge in [0, 0.05) is 19.1 Å². The van der Waals surface area contributed by atoms with Gasteiger partial charge in [-0.15, -0.1) is 0 Å². The molecule has 1 unspecified atom stereocenters. The van der Waals surface area contributed by atoms with Crippen LogP contribution < -0.4 is 38.5 Å². The van der Waals surface area contributed by atoms with Gasteiger partial charge in [-0.1, -0.05) is 0 Å². The summed E-state index contributed by atoms with van der Waals surface area (Å²) in [5, 5.41) is 55.4. The largest absolute Gasteiger partial charge is 0.466 e. The fraction of sp³-hybridized carbons (Fsp3) is 0.862. The van der Waals surface area contributed by atoms with Crippen LogP contribution in [0.5, 0.6) is 0 Å². The highest BCUT2D eigenvalue weighted by Crippen LogP contribution is 2.32. The number of carbonyl (C=O) groups excluding carboxylic acids is 2. The van der Waals surface area contributed by atoms with Crippen molar-refractivity contribution in [3.05, 3.63) is 11.8 Å². The van der Waals surface area contributed by atoms with Crippen molar-refractivity contribution in [1.82, 2.24) is 21.3 Å². The van der Waals surface area contributed by atoms with E-state index in [0.29, 0.717) is 31.9 Å². The number of rotatable bonds is 13. The lowest BCUT2D eigenvalue weighted by atomic mass is 9.83. The predicted molar refractivity (Wildman–Crippen MR) is 165 cm³/mol. The van der Waals surface area contributed by atoms with Crippen LogP contribution in [0.1, 0.15) is 32.6 Å². The zero-order chi connectivity index (χ0) is 34.3. The van der Waals surface area contributed by atoms with E-state index in [4.69, 9.17) is 40.9 Å². The molecule has 4 rings (SSSR count). The second-order valence-electron chi connectivity index (χ2n) is 12.8. The number of ether oxygens (including phenoxy) is 5. The van der Waals surface area contributed by atoms with Crippen molar-refractivity contribution in [3.8, 4) is 0 Å². The van der Waals surface area contributed by atoms with E-state index >= 15 is 0 Å². The Morgan fingerprint density at radius 2 is 1.87 bits per heavy atom. The summed E-state index contributed by atoms with van der Waals surface area (Å²) in [4.78, 5) is 25.8. The standard InChI is InChI=1S/C29H53N7O11/c1-29(42)13-44-28(22(40)25(29)33-2)47-24-18(36-26(41)19(37)5-6-30)10-16(32)23(21(24)39)46-27-17(4-3-14(11-31)45-27)35-20(38)9-15-12-34-7-8-43-15/h3,15-19,21-25,27-28,33-34,37,39-40,42H,4-13,30-32H2,1-2H3,(H,35,38)(H,36,41)/t15?,16-,17+,18+,19-,21-,22+,23+,24-,25+,27+,28+,29-/m0/s1. The molecule has 0 aromatic rings. The third-order valence-electron chi connectivity index (χ3n) is 8.97. The van der Waals surface area contributed by atoms with Crippen LogP contribution in [0.4, 0.5) is 0 Å². The maximum atomic E-state index is 12.9. The number of likely N-dealkylation sites (N-methyl/N-ethyl adjacent to an activating group) is 1. The predicted octanol–water partition coefficient (Wildman–Crippen LogP) is -5.45. The molecule has 47 heavy (non-hydrogen) atoms. The second kappa shape index (κ2) is 17.1. The second-order valence-corrected chi connectivity index (χ2v) is 12.8. The van der Waals surface area contributed by atoms with Gasteiger partial charge in [0.1, 0.15) is 41.9 Å². The van der Waals surface area contributed by atoms with Crippen LogP contribution in [0, 0.1) is 0 Å². The lowest BCUT2D eigenvalue weighted by molar-refractivity contribution is -0.304. The Labute approximate surface area is 274 Å². The van der Waals surface area contributed by atoms with E-state index in [1.165, 1.54) is 6.92 Å². The summed E-state index contributed by atoms with van der Waals surface area (Å²) in [6.45, 7) is 3.19. The zero-order valence-corrected chi connectivity index (χ0v) is 27.0. The molecule has 270 valence electrons. The zero-order valence-electron chi connectivity index (χ0n) is 27.0. The average molecular weight is 676 g/mol. The molecule has 4 aliphatic rings. The van der Waals surface area contributed by atoms with Crippen molar-refractivity contribution >= 4 is 11.8 Å². The molecule has 0 aromatic heterocycles. The average Bonchev–Trinajstić information content (AvgIpc) is 3.03. The van der Waals surface area contributed by atoms with Crippen LogP contribution >= 0.6 is 0 Å². The molecule has 0 spiro atoms. The van der Waals surface area contributed by atoms with Crippen LogP contribution in [-0.4, -0.2) is 158 Å². The first-order valence-corrected chi connectivity index (χ1v) is 16.2. The number of morpholine rings is 1. The third-order valence-corrected chi connectivity index (χ3v) is 8.97. The Hall–Kier alpha value is -2.04. The molecule has 14 N–H and O–H groups in total. The quantitative estimate of drug-likeness (QED) is 0.0868. The van der Waals surface area contributed by atoms with E-state index in [9.17, 15) is 30.0 Å². The molecule has 2 saturated heterocycles. The monoisotopic (exact) mass is 675 g/mol. The number of carbonyl (C=O) groups is 2. The molecule has 18 nitrogen and oxygen atoms in total. The van der Waals surface area contributed by atoms with Gasteiger partial charge in [-0.2, -0.15) is 0 Å². The molecule has 1 aliphatic carbocycles. The van der Waals surface area contributed by atoms with Crippen LogP contribution in [0.2, 0.25) is 0 Å². The van der Waals surface area contributed by atoms with Gasteiger partial charge in [-0.25, -0.2) is 0 Å². The van der Waals surface area contributed by atoms with E-state index in [0.717, 1.165) is 0 Å². The number of nitrogens with one attached hydrogen (secondary N) is 4. The maximum Gasteiger partial charge on any atom is 0.249 e. The fourth-order valence-corrected chi connectivity index (χ4v) is 6.43. The van der Waals surface area contributed by atoms with Gasteiger partial charge in [-0.05, 0) is 45.9 Å². The summed E-state index contributed by atoms with van der Waals surface area (Å²) in [5.74, 6) is -0.602. The Morgan fingerprint density at radius 3 is 2.53 bits per heavy atom. The first-order chi connectivity index (χ1) is 22.4. The van der Waals surface area contributed by atoms with Gasteiger partial charge < -0.3 is 82.6 Å². The van der Waals surface area contributed by atoms with Crippen LogP contribution in [0.25, 0.3) is 0 Å². The topological polar surface area (TPSA) is 287 Å². The highest BCUT2D eigenvalue weighted by Gasteiger charge is 2.52. The van der Waals surface area contributed by atoms with Gasteiger partial charge in [0.15, 0.2) is 6.29 Å². The maximum absolute atomic E-state index is 12.9. The molecule has 18 heteroatoms. The van der Waals surface area contributed by atoms with Crippen LogP contribution in [-0.2, 0) is 33.3 Å². The summed E-state index contributed by atoms with van der Waals surface area (Å²) < 4.78 is 29.7. The summed E-state index contributed by atoms with van der Waals surface area (Å²) in [5.41, 5.74) is 16.4. The molecule has 0 aromatic carbocycles. The van der Waals surface area contributed by atoms with E-state index in [2.05, 4.69) is 21.3 Å². The van der Waals surface area contributed by atoms with Crippen molar-refractivity contribution < 1.29 is 53.7 Å². The summed E-state index contributed by atoms with van der Waals surface area (Å²) >= 11 is 0. The molecule has 0 bridgehead atoms. The third kappa shape index (κ3) is 9.56. The van der Waals surface area contributed by atoms with E-state index in [1.54, 1.807) is 13.1 Å². The fourth-order valence-electron chi connectivity index (χ4n) is 6.43. The molecular weight excluding hydrogens is 622 g/mol. The number of hydrogen-bond acceptors (Lipinski definition) is 16. The number of aliphatic hydroxyl groups is 4. The van der Waals surface area contributed by atoms with E-state index < -0.39 is 78.8 Å². The van der Waals surface area contributed by atoms with Crippen LogP contribution in [0.3, 0.4) is 0 Å². The van der Waals surface area contributed by atoms with Crippen molar-refractivity contribution in [1.29, 1.82) is 0 Å². The molecule has 1 saturated carbocycles. The van der Waals surface area contributed by atoms with Crippen molar-refractivity contribution in [2.45, 2.75) is 112 Å². The first kappa shape index (κ1) is 37.8. The minimum absolute atomic E-state index is 0.000305. The normalized spacial score (nSPS) is 40.1. The Balaban J connectivity index is 1.52. The summed E-state index contributed by atoms with van der Waals surface area (Å²) in [7, 11) is 1.56. The smallest absolute Gasteiger partial charge is 0.249 e. The first-order valence-electron chi connectivity index (χ1n) is 16.2. The Bertz CT molecular complexity index is 1070. The Morgan fingerprint density at radius 1 is 1.13 bits per heavy atom. The minimum atomic E-state index is -1.53. The van der Waals surface area contributed by atoms with Crippen LogP contribution in [0.15, 0.2) is 11.8 Å². The van der Waals surface area contributed by atoms with Gasteiger partial charge >= 0.3 is 0 Å². The number of hydrogen-bond donors (Lipinski definition) is 11. The molecule has 3 heterocycles. The number of nitrogens with two attached hydrogens (primary N) is 3. The van der Waals surface area contributed by atoms with Crippen molar-refractivity contribution in [3.63, 3.8) is 0 Å². The van der Waals surface area contributed by atoms with E-state index in [1.807, 2.05) is 0 Å². The highest BCUT2D eigenvalue weighted by atomic mass is 16.7. The molecule has 0 radical (unpaired) electrons. The van der Waals surface area contributed by atoms with Crippen molar-refractivity contribution in [2.24, 2.45) is 17.2 Å². The van der Waals surface area contributed by atoms with Gasteiger partial charge in [0.05, 0.1) is 50.4 Å². The highest BCUT2D eigenvalue weighted by molar-refractivity contribution is 5.80. The summed E-state index contributed by atoms with van der Waals surface area (Å²) in [6, 6.07) is -3.37. The molecule has 13 atom stereocenters. The SMILES string of the molecule is CN[C@@H]1[C@@H](O)[C@@H](O[C@@H]2[C@@H](O)[C@H](O[C@H]3OC(CN)=CC[C@H]3NC(=O)CC3CNCCO3)[C@@H](N)C[C@H]2NC(=O)[C@@H](O)CCN)OC[C@]1(C)O. The van der Waals surface area contributed by atoms with Crippen molar-refractivity contribution in [2.75, 3.05) is 46.4 Å². The van der Waals surface area contributed by atoms with E-state index in [-0.39, 0.29) is 51.0 Å². The Kier molecular flexibility index (Phi) is 13.7. The lowest BCUT2D eigenvalue weighted by Crippen LogP contribution is -2.69. The van der Waals surface area contributed by atoms with Gasteiger partial charge in [0.25, 0.3) is 0 Å². The lowest BCUT2D eigenvalue weighted by Gasteiger charge is -2.49. The molecule has 2 amide bonds. The van der Waals surface area contributed by atoms with Gasteiger partial charge in [-0.3, -0.25) is 9.59 Å². The number of aliphatic hydroxyl groups excluding tert-OH is 3. The number of amides is 2. The molecule has 3 aliphatic heterocycles. The van der Waals surface area contributed by atoms with Gasteiger partial charge in [0.2, 0.25) is 18.1 Å².